The van der Waals surface area contributed by atoms with Crippen LogP contribution in [0.3, 0.4) is 0 Å². The first-order valence-corrected chi connectivity index (χ1v) is 7.61. The molecule has 23 heavy (non-hydrogen) atoms. The summed E-state index contributed by atoms with van der Waals surface area (Å²) in [7, 11) is 0. The summed E-state index contributed by atoms with van der Waals surface area (Å²) in [6.07, 6.45) is 1.37. The van der Waals surface area contributed by atoms with Crippen molar-refractivity contribution in [1.82, 2.24) is 19.9 Å². The summed E-state index contributed by atoms with van der Waals surface area (Å²) in [6.45, 7) is 0.127. The lowest BCUT2D eigenvalue weighted by atomic mass is 10.2. The molecule has 3 N–H and O–H groups in total. The van der Waals surface area contributed by atoms with Crippen LogP contribution in [-0.2, 0) is 6.54 Å². The van der Waals surface area contributed by atoms with Gasteiger partial charge in [-0.2, -0.15) is 0 Å². The molecule has 118 valence electrons. The topological polar surface area (TPSA) is 117 Å². The monoisotopic (exact) mass is 332 g/mol. The number of pyridine rings is 1. The minimum Gasteiger partial charge on any atom is -0.350 e. The Labute approximate surface area is 132 Å². The molecule has 0 radical (unpaired) electrons. The van der Waals surface area contributed by atoms with Crippen molar-refractivity contribution in [3.05, 3.63) is 66.5 Å². The van der Waals surface area contributed by atoms with Gasteiger partial charge in [-0.05, 0) is 17.5 Å². The Balaban J connectivity index is 1.74. The van der Waals surface area contributed by atoms with E-state index in [4.69, 9.17) is 0 Å². The molecular weight excluding hydrogens is 320 g/mol. The molecule has 8 nitrogen and oxygen atoms in total. The van der Waals surface area contributed by atoms with Crippen molar-refractivity contribution < 1.29 is 4.79 Å². The van der Waals surface area contributed by atoms with Gasteiger partial charge in [0.1, 0.15) is 4.70 Å². The van der Waals surface area contributed by atoms with Crippen LogP contribution in [0.15, 0.2) is 44.2 Å². The second-order valence-corrected chi connectivity index (χ2v) is 5.66. The Morgan fingerprint density at radius 1 is 1.26 bits per heavy atom. The van der Waals surface area contributed by atoms with Crippen molar-refractivity contribution in [2.75, 3.05) is 6.54 Å². The Morgan fingerprint density at radius 2 is 2.09 bits per heavy atom. The highest BCUT2D eigenvalue weighted by molar-refractivity contribution is 7.17. The number of aromatic nitrogens is 3. The molecule has 3 aromatic rings. The van der Waals surface area contributed by atoms with Gasteiger partial charge in [0.05, 0.1) is 5.52 Å². The highest BCUT2D eigenvalue weighted by Gasteiger charge is 2.10. The number of aromatic amines is 2. The van der Waals surface area contributed by atoms with Gasteiger partial charge in [0.2, 0.25) is 5.56 Å². The van der Waals surface area contributed by atoms with Crippen LogP contribution in [0.5, 0.6) is 0 Å². The number of hydrogen-bond acceptors (Lipinski definition) is 5. The van der Waals surface area contributed by atoms with Crippen molar-refractivity contribution in [2.45, 2.75) is 6.54 Å². The lowest BCUT2D eigenvalue weighted by molar-refractivity contribution is 0.0952. The van der Waals surface area contributed by atoms with Gasteiger partial charge in [0, 0.05) is 30.9 Å². The molecule has 3 rings (SSSR count). The first-order valence-electron chi connectivity index (χ1n) is 6.73. The van der Waals surface area contributed by atoms with E-state index >= 15 is 0 Å². The van der Waals surface area contributed by atoms with Crippen LogP contribution in [0, 0.1) is 0 Å². The molecule has 0 fully saturated rings. The zero-order valence-corrected chi connectivity index (χ0v) is 12.6. The number of nitrogens with one attached hydrogen (secondary N) is 3. The summed E-state index contributed by atoms with van der Waals surface area (Å²) in [5.74, 6) is -0.447. The van der Waals surface area contributed by atoms with Gasteiger partial charge in [-0.25, -0.2) is 4.79 Å². The fraction of sp³-hybridized carbons (Fsp3) is 0.143. The third kappa shape index (κ3) is 2.99. The van der Waals surface area contributed by atoms with Gasteiger partial charge in [-0.3, -0.25) is 19.0 Å². The summed E-state index contributed by atoms with van der Waals surface area (Å²) in [5, 5.41) is 4.29. The molecule has 0 atom stereocenters. The number of hydrogen-bond donors (Lipinski definition) is 3. The molecule has 3 aromatic heterocycles. The van der Waals surface area contributed by atoms with Gasteiger partial charge in [-0.1, -0.05) is 0 Å². The number of nitrogens with zero attached hydrogens (tertiary/aromatic N) is 1. The van der Waals surface area contributed by atoms with Crippen molar-refractivity contribution >= 4 is 27.5 Å². The van der Waals surface area contributed by atoms with E-state index in [0.29, 0.717) is 10.2 Å². The van der Waals surface area contributed by atoms with Crippen LogP contribution >= 0.6 is 11.3 Å². The maximum Gasteiger partial charge on any atom is 0.328 e. The number of amides is 1. The molecule has 0 aromatic carbocycles. The maximum absolute atomic E-state index is 12.2. The number of H-pyrrole nitrogens is 2. The van der Waals surface area contributed by atoms with Crippen LogP contribution in [0.2, 0.25) is 0 Å². The average molecular weight is 332 g/mol. The van der Waals surface area contributed by atoms with Crippen LogP contribution < -0.4 is 22.1 Å². The summed E-state index contributed by atoms with van der Waals surface area (Å²) in [5.41, 5.74) is -0.568. The van der Waals surface area contributed by atoms with E-state index in [1.54, 1.807) is 11.4 Å². The number of carbonyl (C=O) groups excluding carboxylic acids is 1. The zero-order chi connectivity index (χ0) is 16.4. The minimum absolute atomic E-state index is 0.0386. The van der Waals surface area contributed by atoms with Gasteiger partial charge < -0.3 is 15.3 Å². The van der Waals surface area contributed by atoms with Crippen LogP contribution in [0.25, 0.3) is 10.2 Å². The second kappa shape index (κ2) is 6.05. The highest BCUT2D eigenvalue weighted by atomic mass is 32.1. The van der Waals surface area contributed by atoms with Crippen LogP contribution in [0.4, 0.5) is 0 Å². The predicted molar refractivity (Wildman–Crippen MR) is 86.1 cm³/mol. The molecule has 0 spiro atoms. The van der Waals surface area contributed by atoms with Crippen molar-refractivity contribution in [1.29, 1.82) is 0 Å². The Kier molecular flexibility index (Phi) is 3.94. The average Bonchev–Trinajstić information content (AvgIpc) is 2.98. The summed E-state index contributed by atoms with van der Waals surface area (Å²) >= 11 is 1.25. The molecule has 0 aliphatic heterocycles. The quantitative estimate of drug-likeness (QED) is 0.617. The lowest BCUT2D eigenvalue weighted by Gasteiger charge is -2.07. The maximum atomic E-state index is 12.2. The van der Waals surface area contributed by atoms with Crippen LogP contribution in [0.1, 0.15) is 10.4 Å². The van der Waals surface area contributed by atoms with Crippen molar-refractivity contribution in [2.24, 2.45) is 0 Å². The van der Waals surface area contributed by atoms with Gasteiger partial charge in [0.15, 0.2) is 0 Å². The fourth-order valence-corrected chi connectivity index (χ4v) is 2.94. The number of fused-ring (bicyclic) bond motifs is 1. The number of thiophene rings is 1. The standard InChI is InChI=1S/C14H12N4O4S/c19-10-7-8(1-3-15-10)12(20)16-4-5-18-13(21)11-9(2-6-23-11)17-14(18)22/h1-3,6-7H,4-5H2,(H,15,19)(H,16,20)(H,17,22). The molecule has 0 unspecified atom stereocenters. The third-order valence-electron chi connectivity index (χ3n) is 3.25. The Hall–Kier alpha value is -2.94. The zero-order valence-electron chi connectivity index (χ0n) is 11.8. The molecule has 0 bridgehead atoms. The molecule has 0 saturated heterocycles. The number of rotatable bonds is 4. The van der Waals surface area contributed by atoms with E-state index in [9.17, 15) is 19.2 Å². The van der Waals surface area contributed by atoms with Gasteiger partial charge in [0.25, 0.3) is 11.5 Å². The van der Waals surface area contributed by atoms with Gasteiger partial charge in [-0.15, -0.1) is 11.3 Å². The van der Waals surface area contributed by atoms with Crippen molar-refractivity contribution in [3.8, 4) is 0 Å². The van der Waals surface area contributed by atoms with Gasteiger partial charge >= 0.3 is 5.69 Å². The summed E-state index contributed by atoms with van der Waals surface area (Å²) < 4.78 is 1.50. The molecular formula is C14H12N4O4S. The fourth-order valence-electron chi connectivity index (χ4n) is 2.14. The third-order valence-corrected chi connectivity index (χ3v) is 4.15. The molecule has 9 heteroatoms. The smallest absolute Gasteiger partial charge is 0.328 e. The lowest BCUT2D eigenvalue weighted by Crippen LogP contribution is -2.38. The van der Waals surface area contributed by atoms with E-state index in [0.717, 1.165) is 4.57 Å². The van der Waals surface area contributed by atoms with E-state index in [-0.39, 0.29) is 29.8 Å². The predicted octanol–water partition coefficient (Wildman–Crippen LogP) is -0.130. The SMILES string of the molecule is O=C(NCCn1c(=O)[nH]c2ccsc2c1=O)c1cc[nH]c(=O)c1. The molecule has 0 saturated carbocycles. The molecule has 1 amide bonds. The molecule has 3 heterocycles. The molecule has 0 aliphatic carbocycles. The van der Waals surface area contributed by atoms with E-state index < -0.39 is 11.6 Å². The number of carbonyl (C=O) groups is 1. The summed E-state index contributed by atoms with van der Waals surface area (Å²) in [6, 6.07) is 4.31. The largest absolute Gasteiger partial charge is 0.350 e. The Morgan fingerprint density at radius 3 is 2.87 bits per heavy atom. The normalized spacial score (nSPS) is 10.8. The van der Waals surface area contributed by atoms with E-state index in [1.165, 1.54) is 29.7 Å². The van der Waals surface area contributed by atoms with Crippen LogP contribution in [-0.4, -0.2) is 27.0 Å². The highest BCUT2D eigenvalue weighted by Crippen LogP contribution is 2.11. The second-order valence-electron chi connectivity index (χ2n) is 4.75. The first-order chi connectivity index (χ1) is 11.1. The van der Waals surface area contributed by atoms with Crippen molar-refractivity contribution in [3.63, 3.8) is 0 Å². The summed E-state index contributed by atoms with van der Waals surface area (Å²) in [4.78, 5) is 52.2. The Bertz CT molecular complexity index is 1040. The van der Waals surface area contributed by atoms with E-state index in [1.807, 2.05) is 0 Å². The molecule has 0 aliphatic rings. The first kappa shape index (κ1) is 15.0. The minimum atomic E-state index is -0.522. The van der Waals surface area contributed by atoms with E-state index in [2.05, 4.69) is 15.3 Å².